The maximum Gasteiger partial charge on any atom is 0.307 e. The predicted molar refractivity (Wildman–Crippen MR) is 119 cm³/mol. The Morgan fingerprint density at radius 2 is 1.97 bits per heavy atom. The van der Waals surface area contributed by atoms with Crippen LogP contribution in [0.1, 0.15) is 38.2 Å². The van der Waals surface area contributed by atoms with Gasteiger partial charge in [-0.05, 0) is 35.7 Å². The number of hydrogen-bond acceptors (Lipinski definition) is 2. The number of aliphatic carboxylic acids is 1. The van der Waals surface area contributed by atoms with E-state index >= 15 is 0 Å². The topological polar surface area (TPSA) is 82.2 Å². The number of unbranched alkanes of at least 4 members (excludes halogenated alkanes) is 3. The molecular formula is C22H25ClN2O3S. The second-order valence-corrected chi connectivity index (χ2v) is 8.64. The van der Waals surface area contributed by atoms with Crippen molar-refractivity contribution in [2.45, 2.75) is 43.9 Å². The molecule has 0 amide bonds. The number of rotatable bonds is 10. The molecule has 0 aliphatic carbocycles. The van der Waals surface area contributed by atoms with Crippen molar-refractivity contribution in [3.05, 3.63) is 53.1 Å². The van der Waals surface area contributed by atoms with Crippen molar-refractivity contribution in [3.63, 3.8) is 0 Å². The van der Waals surface area contributed by atoms with Crippen LogP contribution in [0.15, 0.2) is 47.4 Å². The van der Waals surface area contributed by atoms with E-state index in [-0.39, 0.29) is 6.42 Å². The third-order valence-electron chi connectivity index (χ3n) is 4.82. The molecule has 3 aromatic rings. The van der Waals surface area contributed by atoms with Crippen molar-refractivity contribution in [1.29, 1.82) is 0 Å². The Hall–Kier alpha value is -2.15. The molecule has 0 saturated heterocycles. The third kappa shape index (κ3) is 5.26. The fourth-order valence-electron chi connectivity index (χ4n) is 3.38. The van der Waals surface area contributed by atoms with E-state index in [1.165, 1.54) is 0 Å². The average molecular weight is 433 g/mol. The summed E-state index contributed by atoms with van der Waals surface area (Å²) in [6.45, 7) is 2.81. The van der Waals surface area contributed by atoms with Gasteiger partial charge in [-0.15, -0.1) is 0 Å². The quantitative estimate of drug-likeness (QED) is 0.380. The summed E-state index contributed by atoms with van der Waals surface area (Å²) in [5, 5.41) is 10.7. The summed E-state index contributed by atoms with van der Waals surface area (Å²) in [6.07, 6.45) is 4.28. The Balaban J connectivity index is 1.91. The molecule has 29 heavy (non-hydrogen) atoms. The number of carboxylic acids is 1. The monoisotopic (exact) mass is 432 g/mol. The van der Waals surface area contributed by atoms with Gasteiger partial charge in [0.05, 0.1) is 22.0 Å². The molecule has 0 saturated carbocycles. The first-order chi connectivity index (χ1) is 14.0. The summed E-state index contributed by atoms with van der Waals surface area (Å²) in [6, 6.07) is 12.9. The van der Waals surface area contributed by atoms with Crippen LogP contribution >= 0.6 is 11.6 Å². The van der Waals surface area contributed by atoms with E-state index in [0.717, 1.165) is 42.1 Å². The lowest BCUT2D eigenvalue weighted by atomic mass is 10.0. The zero-order valence-corrected chi connectivity index (χ0v) is 17.9. The van der Waals surface area contributed by atoms with E-state index in [2.05, 4.69) is 16.6 Å². The summed E-state index contributed by atoms with van der Waals surface area (Å²) in [7, 11) is -1.43. The van der Waals surface area contributed by atoms with Gasteiger partial charge in [-0.1, -0.05) is 62.1 Å². The molecule has 1 aromatic heterocycles. The molecule has 1 heterocycles. The van der Waals surface area contributed by atoms with Crippen LogP contribution in [0.4, 0.5) is 0 Å². The van der Waals surface area contributed by atoms with Crippen LogP contribution in [-0.4, -0.2) is 26.8 Å². The fraction of sp³-hybridized carbons (Fsp3) is 0.318. The smallest absolute Gasteiger partial charge is 0.307 e. The maximum absolute atomic E-state index is 12.7. The van der Waals surface area contributed by atoms with Crippen molar-refractivity contribution in [3.8, 4) is 11.3 Å². The molecule has 0 fully saturated rings. The number of halogens is 1. The van der Waals surface area contributed by atoms with Crippen molar-refractivity contribution in [1.82, 2.24) is 9.71 Å². The summed E-state index contributed by atoms with van der Waals surface area (Å²) < 4.78 is 15.8. The molecule has 0 aliphatic rings. The van der Waals surface area contributed by atoms with E-state index < -0.39 is 17.0 Å². The molecule has 3 N–H and O–H groups in total. The van der Waals surface area contributed by atoms with Gasteiger partial charge in [0.1, 0.15) is 11.0 Å². The average Bonchev–Trinajstić information content (AvgIpc) is 3.06. The number of carboxylic acid groups (broad SMARTS) is 1. The molecule has 1 atom stereocenters. The number of carbonyl (C=O) groups is 1. The summed E-state index contributed by atoms with van der Waals surface area (Å²) in [5.41, 5.74) is 3.05. The van der Waals surface area contributed by atoms with Crippen LogP contribution in [0.25, 0.3) is 22.2 Å². The minimum atomic E-state index is -1.43. The minimum Gasteiger partial charge on any atom is -0.481 e. The van der Waals surface area contributed by atoms with Crippen molar-refractivity contribution < 1.29 is 14.1 Å². The number of benzene rings is 2. The standard InChI is InChI=1S/C22H25ClN2O3S/c1-2-3-4-7-12-24-29(28)20-13-15(10-11-18(20)23)22-17(14-21(26)27)16-8-5-6-9-19(16)25-22/h5-6,8-11,13,24-25H,2-4,7,12,14H2,1H3,(H,26,27). The molecule has 5 nitrogen and oxygen atoms in total. The number of aromatic nitrogens is 1. The highest BCUT2D eigenvalue weighted by Gasteiger charge is 2.18. The van der Waals surface area contributed by atoms with Gasteiger partial charge in [-0.3, -0.25) is 4.79 Å². The van der Waals surface area contributed by atoms with E-state index in [1.807, 2.05) is 30.3 Å². The lowest BCUT2D eigenvalue weighted by Crippen LogP contribution is -2.19. The zero-order chi connectivity index (χ0) is 20.8. The van der Waals surface area contributed by atoms with Crippen molar-refractivity contribution >= 4 is 39.5 Å². The van der Waals surface area contributed by atoms with E-state index in [1.54, 1.807) is 12.1 Å². The Kier molecular flexibility index (Phi) is 7.47. The van der Waals surface area contributed by atoms with E-state index in [4.69, 9.17) is 11.6 Å². The number of hydrogen-bond donors (Lipinski definition) is 3. The number of H-pyrrole nitrogens is 1. The van der Waals surface area contributed by atoms with Crippen LogP contribution in [0, 0.1) is 0 Å². The molecule has 154 valence electrons. The third-order valence-corrected chi connectivity index (χ3v) is 6.47. The molecule has 0 spiro atoms. The Bertz CT molecular complexity index is 1030. The summed E-state index contributed by atoms with van der Waals surface area (Å²) in [4.78, 5) is 15.2. The Morgan fingerprint density at radius 1 is 1.17 bits per heavy atom. The van der Waals surface area contributed by atoms with Crippen molar-refractivity contribution in [2.75, 3.05) is 6.54 Å². The number of nitrogens with one attached hydrogen (secondary N) is 2. The molecule has 3 rings (SSSR count). The number of aromatic amines is 1. The molecule has 0 aliphatic heterocycles. The first-order valence-electron chi connectivity index (χ1n) is 9.77. The van der Waals surface area contributed by atoms with E-state index in [9.17, 15) is 14.1 Å². The second kappa shape index (κ2) is 10.1. The highest BCUT2D eigenvalue weighted by molar-refractivity contribution is 7.83. The maximum atomic E-state index is 12.7. The SMILES string of the molecule is CCCCCCNS(=O)c1cc(-c2[nH]c3ccccc3c2CC(=O)O)ccc1Cl. The molecule has 2 aromatic carbocycles. The molecule has 7 heteroatoms. The Morgan fingerprint density at radius 3 is 2.72 bits per heavy atom. The highest BCUT2D eigenvalue weighted by atomic mass is 35.5. The van der Waals surface area contributed by atoms with Gasteiger partial charge in [0.2, 0.25) is 0 Å². The lowest BCUT2D eigenvalue weighted by Gasteiger charge is -2.10. The van der Waals surface area contributed by atoms with Gasteiger partial charge in [-0.25, -0.2) is 8.93 Å². The van der Waals surface area contributed by atoms with Gasteiger partial charge in [0, 0.05) is 17.4 Å². The van der Waals surface area contributed by atoms with E-state index in [0.29, 0.717) is 27.7 Å². The van der Waals surface area contributed by atoms with Gasteiger partial charge in [0.25, 0.3) is 0 Å². The number of fused-ring (bicyclic) bond motifs is 1. The second-order valence-electron chi connectivity index (χ2n) is 6.96. The Labute approximate surface area is 178 Å². The van der Waals surface area contributed by atoms with Crippen LogP contribution < -0.4 is 4.72 Å². The highest BCUT2D eigenvalue weighted by Crippen LogP contribution is 2.33. The van der Waals surface area contributed by atoms with Gasteiger partial charge < -0.3 is 10.1 Å². The molecule has 0 bridgehead atoms. The zero-order valence-electron chi connectivity index (χ0n) is 16.3. The lowest BCUT2D eigenvalue weighted by molar-refractivity contribution is -0.136. The van der Waals surface area contributed by atoms with Crippen LogP contribution in [0.3, 0.4) is 0 Å². The summed E-state index contributed by atoms with van der Waals surface area (Å²) in [5.74, 6) is -0.900. The van der Waals surface area contributed by atoms with Gasteiger partial charge in [0.15, 0.2) is 0 Å². The van der Waals surface area contributed by atoms with Crippen LogP contribution in [0.5, 0.6) is 0 Å². The minimum absolute atomic E-state index is 0.101. The van der Waals surface area contributed by atoms with Crippen LogP contribution in [0.2, 0.25) is 5.02 Å². The predicted octanol–water partition coefficient (Wildman–Crippen LogP) is 5.31. The van der Waals surface area contributed by atoms with Gasteiger partial charge >= 0.3 is 5.97 Å². The molecule has 1 unspecified atom stereocenters. The van der Waals surface area contributed by atoms with Gasteiger partial charge in [-0.2, -0.15) is 0 Å². The first-order valence-corrected chi connectivity index (χ1v) is 11.3. The molecule has 0 radical (unpaired) electrons. The first kappa shape index (κ1) is 21.6. The molecular weight excluding hydrogens is 408 g/mol. The normalized spacial score (nSPS) is 12.3. The fourth-order valence-corrected chi connectivity index (χ4v) is 4.67. The van der Waals surface area contributed by atoms with Crippen molar-refractivity contribution in [2.24, 2.45) is 0 Å². The summed E-state index contributed by atoms with van der Waals surface area (Å²) >= 11 is 6.31. The largest absolute Gasteiger partial charge is 0.481 e. The van der Waals surface area contributed by atoms with Crippen LogP contribution in [-0.2, 0) is 22.2 Å². The number of para-hydroxylation sites is 1.